The summed E-state index contributed by atoms with van der Waals surface area (Å²) in [5.74, 6) is -1.57. The maximum absolute atomic E-state index is 13.7. The first-order chi connectivity index (χ1) is 9.32. The van der Waals surface area contributed by atoms with Crippen molar-refractivity contribution in [3.8, 4) is 5.75 Å². The van der Waals surface area contributed by atoms with Gasteiger partial charge in [-0.05, 0) is 12.1 Å². The van der Waals surface area contributed by atoms with Crippen LogP contribution in [0, 0.1) is 5.82 Å². The smallest absolute Gasteiger partial charge is 0.254 e. The van der Waals surface area contributed by atoms with Crippen LogP contribution in [-0.2, 0) is 9.84 Å². The van der Waals surface area contributed by atoms with Crippen LogP contribution in [0.25, 0.3) is 0 Å². The molecule has 1 saturated heterocycles. The fraction of sp³-hybridized carbons (Fsp3) is 0.417. The maximum atomic E-state index is 13.7. The third kappa shape index (κ3) is 3.21. The van der Waals surface area contributed by atoms with Gasteiger partial charge in [-0.15, -0.1) is 11.6 Å². The molecule has 0 spiro atoms. The van der Waals surface area contributed by atoms with Gasteiger partial charge < -0.3 is 10.1 Å². The van der Waals surface area contributed by atoms with Gasteiger partial charge >= 0.3 is 0 Å². The van der Waals surface area contributed by atoms with E-state index in [-0.39, 0.29) is 22.8 Å². The van der Waals surface area contributed by atoms with E-state index in [9.17, 15) is 17.6 Å². The fourth-order valence-electron chi connectivity index (χ4n) is 1.99. The molecule has 0 aliphatic carbocycles. The topological polar surface area (TPSA) is 72.5 Å². The average molecular weight is 322 g/mol. The number of methoxy groups -OCH3 is 1. The lowest BCUT2D eigenvalue weighted by Gasteiger charge is -2.14. The molecule has 1 aliphatic heterocycles. The van der Waals surface area contributed by atoms with Gasteiger partial charge in [0.05, 0.1) is 35.6 Å². The van der Waals surface area contributed by atoms with Crippen molar-refractivity contribution in [2.75, 3.05) is 18.6 Å². The maximum Gasteiger partial charge on any atom is 0.254 e. The molecule has 0 aromatic heterocycles. The number of ether oxygens (including phenoxy) is 1. The van der Waals surface area contributed by atoms with E-state index in [2.05, 4.69) is 5.32 Å². The van der Waals surface area contributed by atoms with E-state index >= 15 is 0 Å². The minimum atomic E-state index is -3.25. The number of sulfone groups is 1. The monoisotopic (exact) mass is 321 g/mol. The second kappa shape index (κ2) is 5.57. The number of carbonyl (C=O) groups excluding carboxylic acids is 1. The Balaban J connectivity index is 2.13. The number of hydrogen-bond donors (Lipinski definition) is 1. The molecule has 2 unspecified atom stereocenters. The van der Waals surface area contributed by atoms with Crippen molar-refractivity contribution < 1.29 is 22.3 Å². The highest BCUT2D eigenvalue weighted by molar-refractivity contribution is 7.91. The van der Waals surface area contributed by atoms with Crippen LogP contribution < -0.4 is 10.1 Å². The van der Waals surface area contributed by atoms with E-state index in [0.29, 0.717) is 0 Å². The normalized spacial score (nSPS) is 24.4. The molecule has 1 amide bonds. The number of halogens is 2. The van der Waals surface area contributed by atoms with Gasteiger partial charge in [0.15, 0.2) is 9.84 Å². The minimum absolute atomic E-state index is 0.182. The Bertz CT molecular complexity index is 634. The molecule has 1 heterocycles. The molecular weight excluding hydrogens is 309 g/mol. The SMILES string of the molecule is COc1ccc(C(=O)NC2CS(=O)(=O)CC2Cl)c(F)c1. The highest BCUT2D eigenvalue weighted by Gasteiger charge is 2.37. The van der Waals surface area contributed by atoms with Crippen LogP contribution in [0.1, 0.15) is 10.4 Å². The van der Waals surface area contributed by atoms with Gasteiger partial charge in [0, 0.05) is 6.07 Å². The number of alkyl halides is 1. The predicted octanol–water partition coefficient (Wildman–Crippen LogP) is 0.969. The largest absolute Gasteiger partial charge is 0.497 e. The molecule has 0 saturated carbocycles. The zero-order chi connectivity index (χ0) is 14.9. The van der Waals surface area contributed by atoms with Gasteiger partial charge in [-0.1, -0.05) is 0 Å². The summed E-state index contributed by atoms with van der Waals surface area (Å²) in [5, 5.41) is 1.74. The summed E-state index contributed by atoms with van der Waals surface area (Å²) in [6.45, 7) is 0. The number of hydrogen-bond acceptors (Lipinski definition) is 4. The van der Waals surface area contributed by atoms with Crippen molar-refractivity contribution in [3.63, 3.8) is 0 Å². The third-order valence-corrected chi connectivity index (χ3v) is 5.40. The lowest BCUT2D eigenvalue weighted by molar-refractivity contribution is 0.0937. The zero-order valence-corrected chi connectivity index (χ0v) is 12.2. The molecule has 2 rings (SSSR count). The summed E-state index contributed by atoms with van der Waals surface area (Å²) >= 11 is 5.87. The van der Waals surface area contributed by atoms with Crippen LogP contribution in [0.4, 0.5) is 4.39 Å². The highest BCUT2D eigenvalue weighted by atomic mass is 35.5. The second-order valence-electron chi connectivity index (χ2n) is 4.52. The van der Waals surface area contributed by atoms with Gasteiger partial charge in [0.1, 0.15) is 11.6 Å². The van der Waals surface area contributed by atoms with Gasteiger partial charge in [0.2, 0.25) is 0 Å². The van der Waals surface area contributed by atoms with E-state index < -0.39 is 33.0 Å². The third-order valence-electron chi connectivity index (χ3n) is 3.02. The molecule has 1 aliphatic rings. The van der Waals surface area contributed by atoms with Crippen LogP contribution in [-0.4, -0.2) is 44.4 Å². The Kier molecular flexibility index (Phi) is 4.19. The lowest BCUT2D eigenvalue weighted by Crippen LogP contribution is -2.40. The summed E-state index contributed by atoms with van der Waals surface area (Å²) in [6, 6.07) is 3.09. The van der Waals surface area contributed by atoms with E-state index in [1.165, 1.54) is 19.2 Å². The quantitative estimate of drug-likeness (QED) is 0.842. The van der Waals surface area contributed by atoms with E-state index in [1.807, 2.05) is 0 Å². The standard InChI is InChI=1S/C12H13ClFNO4S/c1-19-7-2-3-8(10(14)4-7)12(16)15-11-6-20(17,18)5-9(11)13/h2-4,9,11H,5-6H2,1H3,(H,15,16). The Labute approximate surface area is 121 Å². The number of rotatable bonds is 3. The second-order valence-corrected chi connectivity index (χ2v) is 7.23. The van der Waals surface area contributed by atoms with Crippen LogP contribution >= 0.6 is 11.6 Å². The molecule has 1 aromatic rings. The predicted molar refractivity (Wildman–Crippen MR) is 72.5 cm³/mol. The fourth-order valence-corrected chi connectivity index (χ4v) is 4.54. The van der Waals surface area contributed by atoms with Crippen molar-refractivity contribution in [1.29, 1.82) is 0 Å². The van der Waals surface area contributed by atoms with Gasteiger partial charge in [-0.25, -0.2) is 12.8 Å². The zero-order valence-electron chi connectivity index (χ0n) is 10.6. The molecule has 0 bridgehead atoms. The van der Waals surface area contributed by atoms with Crippen molar-refractivity contribution in [1.82, 2.24) is 5.32 Å². The van der Waals surface area contributed by atoms with Gasteiger partial charge in [0.25, 0.3) is 5.91 Å². The van der Waals surface area contributed by atoms with Crippen LogP contribution in [0.2, 0.25) is 0 Å². The molecule has 8 heteroatoms. The summed E-state index contributed by atoms with van der Waals surface area (Å²) in [6.07, 6.45) is 0. The molecule has 20 heavy (non-hydrogen) atoms. The number of carbonyl (C=O) groups is 1. The number of benzene rings is 1. The lowest BCUT2D eigenvalue weighted by atomic mass is 10.1. The molecule has 1 aromatic carbocycles. The first-order valence-corrected chi connectivity index (χ1v) is 8.07. The van der Waals surface area contributed by atoms with Crippen LogP contribution in [0.15, 0.2) is 18.2 Å². The molecule has 5 nitrogen and oxygen atoms in total. The average Bonchev–Trinajstić information content (AvgIpc) is 2.61. The molecule has 0 radical (unpaired) electrons. The summed E-state index contributed by atoms with van der Waals surface area (Å²) in [5.41, 5.74) is -0.182. The first kappa shape index (κ1) is 15.1. The molecule has 1 fully saturated rings. The summed E-state index contributed by atoms with van der Waals surface area (Å²) in [7, 11) is -1.87. The number of amides is 1. The Morgan fingerprint density at radius 2 is 2.15 bits per heavy atom. The molecule has 2 atom stereocenters. The first-order valence-electron chi connectivity index (χ1n) is 5.81. The van der Waals surface area contributed by atoms with E-state index in [0.717, 1.165) is 6.07 Å². The molecule has 110 valence electrons. The Morgan fingerprint density at radius 1 is 1.45 bits per heavy atom. The summed E-state index contributed by atoms with van der Waals surface area (Å²) < 4.78 is 41.3. The number of nitrogens with one attached hydrogen (secondary N) is 1. The Morgan fingerprint density at radius 3 is 2.65 bits per heavy atom. The Hall–Kier alpha value is -1.34. The van der Waals surface area contributed by atoms with Crippen molar-refractivity contribution in [2.24, 2.45) is 0 Å². The minimum Gasteiger partial charge on any atom is -0.497 e. The molecule has 1 N–H and O–H groups in total. The van der Waals surface area contributed by atoms with Crippen molar-refractivity contribution >= 4 is 27.3 Å². The molecular formula is C12H13ClFNO4S. The summed E-state index contributed by atoms with van der Waals surface area (Å²) in [4.78, 5) is 11.9. The van der Waals surface area contributed by atoms with E-state index in [4.69, 9.17) is 16.3 Å². The van der Waals surface area contributed by atoms with E-state index in [1.54, 1.807) is 0 Å². The van der Waals surface area contributed by atoms with Crippen molar-refractivity contribution in [3.05, 3.63) is 29.6 Å². The van der Waals surface area contributed by atoms with Crippen LogP contribution in [0.5, 0.6) is 5.75 Å². The van der Waals surface area contributed by atoms with Gasteiger partial charge in [-0.2, -0.15) is 0 Å². The highest BCUT2D eigenvalue weighted by Crippen LogP contribution is 2.20. The van der Waals surface area contributed by atoms with Gasteiger partial charge in [-0.3, -0.25) is 4.79 Å². The van der Waals surface area contributed by atoms with Crippen molar-refractivity contribution in [2.45, 2.75) is 11.4 Å². The van der Waals surface area contributed by atoms with Crippen LogP contribution in [0.3, 0.4) is 0 Å².